The highest BCUT2D eigenvalue weighted by atomic mass is 127. The van der Waals surface area contributed by atoms with Gasteiger partial charge in [0, 0.05) is 3.57 Å². The minimum atomic E-state index is 0.0607. The third-order valence-corrected chi connectivity index (χ3v) is 3.02. The number of rotatable bonds is 4. The first kappa shape index (κ1) is 12.5. The number of halogens is 1. The van der Waals surface area contributed by atoms with Crippen molar-refractivity contribution in [2.24, 2.45) is 0 Å². The molecule has 0 aliphatic rings. The number of aryl methyl sites for hydroxylation is 1. The third-order valence-electron chi connectivity index (χ3n) is 2.17. The molecular formula is C12H15IO2. The summed E-state index contributed by atoms with van der Waals surface area (Å²) in [7, 11) is 0. The van der Waals surface area contributed by atoms with Crippen LogP contribution in [0.2, 0.25) is 0 Å². The van der Waals surface area contributed by atoms with Gasteiger partial charge in [0.2, 0.25) is 0 Å². The van der Waals surface area contributed by atoms with Gasteiger partial charge in [-0.3, -0.25) is 4.79 Å². The zero-order valence-corrected chi connectivity index (χ0v) is 11.4. The number of hydrogen-bond donors (Lipinski definition) is 0. The molecule has 3 heteroatoms. The lowest BCUT2D eigenvalue weighted by molar-refractivity contribution is 0.101. The van der Waals surface area contributed by atoms with Gasteiger partial charge in [-0.05, 0) is 60.6 Å². The predicted octanol–water partition coefficient (Wildman–Crippen LogP) is 3.45. The molecule has 82 valence electrons. The van der Waals surface area contributed by atoms with E-state index in [1.54, 1.807) is 6.92 Å². The van der Waals surface area contributed by atoms with Crippen LogP contribution in [0.1, 0.15) is 36.7 Å². The Labute approximate surface area is 104 Å². The van der Waals surface area contributed by atoms with Gasteiger partial charge >= 0.3 is 0 Å². The maximum absolute atomic E-state index is 11.5. The van der Waals surface area contributed by atoms with Crippen LogP contribution in [0.15, 0.2) is 12.1 Å². The zero-order valence-electron chi connectivity index (χ0n) is 9.26. The summed E-state index contributed by atoms with van der Waals surface area (Å²) in [5.41, 5.74) is 1.91. The van der Waals surface area contributed by atoms with Crippen LogP contribution in [-0.4, -0.2) is 12.4 Å². The monoisotopic (exact) mass is 318 g/mol. The minimum Gasteiger partial charge on any atom is -0.493 e. The number of Topliss-reactive ketones (excluding diaryl/α,β-unsaturated/α-hetero) is 1. The van der Waals surface area contributed by atoms with Crippen LogP contribution >= 0.6 is 22.6 Å². The molecule has 0 N–H and O–H groups in total. The molecule has 2 nitrogen and oxygen atoms in total. The summed E-state index contributed by atoms with van der Waals surface area (Å²) in [5, 5.41) is 0. The maximum atomic E-state index is 11.5. The van der Waals surface area contributed by atoms with Gasteiger partial charge in [-0.1, -0.05) is 6.92 Å². The molecule has 0 saturated carbocycles. The van der Waals surface area contributed by atoms with E-state index in [0.29, 0.717) is 17.9 Å². The number of ether oxygens (including phenoxy) is 1. The minimum absolute atomic E-state index is 0.0607. The molecular weight excluding hydrogens is 303 g/mol. The van der Waals surface area contributed by atoms with Crippen molar-refractivity contribution in [3.63, 3.8) is 0 Å². The van der Waals surface area contributed by atoms with Crippen LogP contribution < -0.4 is 4.74 Å². The van der Waals surface area contributed by atoms with Crippen molar-refractivity contribution in [3.05, 3.63) is 26.8 Å². The summed E-state index contributed by atoms with van der Waals surface area (Å²) in [6.45, 7) is 6.18. The van der Waals surface area contributed by atoms with E-state index in [0.717, 1.165) is 9.99 Å². The highest BCUT2D eigenvalue weighted by Crippen LogP contribution is 2.27. The van der Waals surface area contributed by atoms with Crippen molar-refractivity contribution >= 4 is 28.4 Å². The summed E-state index contributed by atoms with van der Waals surface area (Å²) in [6, 6.07) is 4.00. The number of carbonyl (C=O) groups is 1. The zero-order chi connectivity index (χ0) is 11.4. The van der Waals surface area contributed by atoms with E-state index in [-0.39, 0.29) is 5.78 Å². The van der Waals surface area contributed by atoms with Crippen molar-refractivity contribution in [3.8, 4) is 5.75 Å². The van der Waals surface area contributed by atoms with Crippen LogP contribution in [0.5, 0.6) is 5.75 Å². The fraction of sp³-hybridized carbons (Fsp3) is 0.417. The van der Waals surface area contributed by atoms with Crippen molar-refractivity contribution < 1.29 is 9.53 Å². The summed E-state index contributed by atoms with van der Waals surface area (Å²) in [5.74, 6) is 0.777. The van der Waals surface area contributed by atoms with Gasteiger partial charge in [0.15, 0.2) is 5.78 Å². The molecule has 0 heterocycles. The molecule has 1 rings (SSSR count). The molecule has 1 aromatic rings. The first-order valence-electron chi connectivity index (χ1n) is 5.06. The molecule has 15 heavy (non-hydrogen) atoms. The molecule has 0 saturated heterocycles. The van der Waals surface area contributed by atoms with Crippen molar-refractivity contribution in [1.29, 1.82) is 0 Å². The number of ketones is 1. The first-order valence-corrected chi connectivity index (χ1v) is 6.14. The fourth-order valence-corrected chi connectivity index (χ4v) is 2.50. The van der Waals surface area contributed by atoms with Crippen molar-refractivity contribution in [1.82, 2.24) is 0 Å². The maximum Gasteiger partial charge on any atom is 0.164 e. The van der Waals surface area contributed by atoms with Crippen molar-refractivity contribution in [2.45, 2.75) is 27.2 Å². The van der Waals surface area contributed by atoms with Gasteiger partial charge in [0.25, 0.3) is 0 Å². The Morgan fingerprint density at radius 1 is 1.40 bits per heavy atom. The van der Waals surface area contributed by atoms with E-state index >= 15 is 0 Å². The second-order valence-corrected chi connectivity index (χ2v) is 4.46. The van der Waals surface area contributed by atoms with E-state index in [9.17, 15) is 4.79 Å². The Kier molecular flexibility index (Phi) is 4.57. The Morgan fingerprint density at radius 3 is 2.53 bits per heavy atom. The molecule has 0 aliphatic heterocycles. The average Bonchev–Trinajstić information content (AvgIpc) is 2.16. The van der Waals surface area contributed by atoms with E-state index < -0.39 is 0 Å². The third kappa shape index (κ3) is 2.93. The lowest BCUT2D eigenvalue weighted by Crippen LogP contribution is -2.04. The largest absolute Gasteiger partial charge is 0.493 e. The molecule has 0 fully saturated rings. The topological polar surface area (TPSA) is 26.3 Å². The van der Waals surface area contributed by atoms with Crippen LogP contribution in [-0.2, 0) is 6.42 Å². The Bertz CT molecular complexity index is 372. The number of carbonyl (C=O) groups excluding carboxylic acids is 1. The molecule has 0 unspecified atom stereocenters. The fourth-order valence-electron chi connectivity index (χ4n) is 1.45. The van der Waals surface area contributed by atoms with Gasteiger partial charge < -0.3 is 4.74 Å². The summed E-state index contributed by atoms with van der Waals surface area (Å²) in [6.07, 6.45) is 0.953. The molecule has 0 aliphatic carbocycles. The van der Waals surface area contributed by atoms with E-state index in [1.807, 2.05) is 19.1 Å². The number of benzene rings is 1. The Morgan fingerprint density at radius 2 is 2.07 bits per heavy atom. The van der Waals surface area contributed by atoms with Crippen LogP contribution in [0.25, 0.3) is 0 Å². The van der Waals surface area contributed by atoms with Crippen LogP contribution in [0.4, 0.5) is 0 Å². The molecule has 0 radical (unpaired) electrons. The lowest BCUT2D eigenvalue weighted by atomic mass is 10.1. The molecule has 0 spiro atoms. The normalized spacial score (nSPS) is 10.1. The quantitative estimate of drug-likeness (QED) is 0.628. The standard InChI is InChI=1S/C12H15IO2/c1-4-9-6-10(13)12(8(3)14)11(7-9)15-5-2/h6-7H,4-5H2,1-3H3. The highest BCUT2D eigenvalue weighted by Gasteiger charge is 2.13. The molecule has 0 bridgehead atoms. The molecule has 1 aromatic carbocycles. The first-order chi connectivity index (χ1) is 7.10. The van der Waals surface area contributed by atoms with Crippen LogP contribution in [0, 0.1) is 3.57 Å². The van der Waals surface area contributed by atoms with Gasteiger partial charge in [0.1, 0.15) is 5.75 Å². The summed E-state index contributed by atoms with van der Waals surface area (Å²) >= 11 is 2.19. The van der Waals surface area contributed by atoms with E-state index in [1.165, 1.54) is 5.56 Å². The van der Waals surface area contributed by atoms with Crippen LogP contribution in [0.3, 0.4) is 0 Å². The van der Waals surface area contributed by atoms with Gasteiger partial charge in [-0.15, -0.1) is 0 Å². The van der Waals surface area contributed by atoms with Gasteiger partial charge in [-0.25, -0.2) is 0 Å². The van der Waals surface area contributed by atoms with Gasteiger partial charge in [-0.2, -0.15) is 0 Å². The highest BCUT2D eigenvalue weighted by molar-refractivity contribution is 14.1. The summed E-state index contributed by atoms with van der Waals surface area (Å²) < 4.78 is 6.47. The predicted molar refractivity (Wildman–Crippen MR) is 69.7 cm³/mol. The molecule has 0 atom stereocenters. The lowest BCUT2D eigenvalue weighted by Gasteiger charge is -2.11. The SMILES string of the molecule is CCOc1cc(CC)cc(I)c1C(C)=O. The van der Waals surface area contributed by atoms with Gasteiger partial charge in [0.05, 0.1) is 12.2 Å². The Hall–Kier alpha value is -0.580. The molecule has 0 aromatic heterocycles. The average molecular weight is 318 g/mol. The van der Waals surface area contributed by atoms with E-state index in [2.05, 4.69) is 29.5 Å². The number of hydrogen-bond acceptors (Lipinski definition) is 2. The second kappa shape index (κ2) is 5.49. The second-order valence-electron chi connectivity index (χ2n) is 3.29. The summed E-state index contributed by atoms with van der Waals surface area (Å²) in [4.78, 5) is 11.5. The smallest absolute Gasteiger partial charge is 0.164 e. The Balaban J connectivity index is 3.28. The van der Waals surface area contributed by atoms with E-state index in [4.69, 9.17) is 4.74 Å². The molecule has 0 amide bonds. The van der Waals surface area contributed by atoms with Crippen molar-refractivity contribution in [2.75, 3.05) is 6.61 Å².